The van der Waals surface area contributed by atoms with Crippen molar-refractivity contribution in [1.29, 1.82) is 0 Å². The van der Waals surface area contributed by atoms with Crippen LogP contribution in [0.25, 0.3) is 0 Å². The molecule has 0 saturated carbocycles. The molecule has 140 valence electrons. The second-order valence-corrected chi connectivity index (χ2v) is 8.73. The Labute approximate surface area is 166 Å². The van der Waals surface area contributed by atoms with E-state index in [0.717, 1.165) is 27.9 Å². The van der Waals surface area contributed by atoms with Crippen LogP contribution in [0.1, 0.15) is 43.2 Å². The fourth-order valence-electron chi connectivity index (χ4n) is 2.68. The normalized spacial score (nSPS) is 11.4. The lowest BCUT2D eigenvalue weighted by Crippen LogP contribution is -2.10. The van der Waals surface area contributed by atoms with E-state index in [-0.39, 0.29) is 5.41 Å². The van der Waals surface area contributed by atoms with E-state index >= 15 is 0 Å². The van der Waals surface area contributed by atoms with Gasteiger partial charge in [-0.1, -0.05) is 68.9 Å². The van der Waals surface area contributed by atoms with Crippen molar-refractivity contribution in [2.75, 3.05) is 0 Å². The summed E-state index contributed by atoms with van der Waals surface area (Å²) in [6, 6.07) is 18.6. The fraction of sp³-hybridized carbons (Fsp3) is 0.304. The summed E-state index contributed by atoms with van der Waals surface area (Å²) in [5.41, 5.74) is 4.84. The summed E-state index contributed by atoms with van der Waals surface area (Å²) in [5, 5.41) is 0.734. The van der Waals surface area contributed by atoms with E-state index in [4.69, 9.17) is 4.74 Å². The molecule has 0 aliphatic carbocycles. The zero-order valence-corrected chi connectivity index (χ0v) is 17.4. The topological polar surface area (TPSA) is 35.0 Å². The zero-order valence-electron chi connectivity index (χ0n) is 16.6. The van der Waals surface area contributed by atoms with Crippen molar-refractivity contribution in [2.24, 2.45) is 0 Å². The van der Waals surface area contributed by atoms with E-state index in [9.17, 15) is 0 Å². The minimum absolute atomic E-state index is 0.174. The molecule has 0 atom stereocenters. The molecule has 3 rings (SSSR count). The largest absolute Gasteiger partial charge is 0.439 e. The van der Waals surface area contributed by atoms with Crippen LogP contribution in [0.15, 0.2) is 59.8 Å². The Morgan fingerprint density at radius 3 is 2.33 bits per heavy atom. The molecule has 0 amide bonds. The summed E-state index contributed by atoms with van der Waals surface area (Å²) in [7, 11) is 0. The monoisotopic (exact) mass is 378 g/mol. The molecule has 0 bridgehead atoms. The number of aromatic nitrogens is 2. The zero-order chi connectivity index (χ0) is 19.4. The number of aryl methyl sites for hydroxylation is 2. The average molecular weight is 379 g/mol. The predicted molar refractivity (Wildman–Crippen MR) is 113 cm³/mol. The van der Waals surface area contributed by atoms with Crippen LogP contribution in [0.5, 0.6) is 11.6 Å². The lowest BCUT2D eigenvalue weighted by molar-refractivity contribution is 0.454. The molecule has 27 heavy (non-hydrogen) atoms. The van der Waals surface area contributed by atoms with Crippen molar-refractivity contribution in [3.8, 4) is 11.6 Å². The van der Waals surface area contributed by atoms with Crippen LogP contribution in [-0.4, -0.2) is 9.97 Å². The van der Waals surface area contributed by atoms with E-state index in [1.54, 1.807) is 11.8 Å². The minimum atomic E-state index is 0.174. The van der Waals surface area contributed by atoms with Gasteiger partial charge in [0.1, 0.15) is 5.75 Å². The molecule has 2 aromatic carbocycles. The Bertz CT molecular complexity index is 914. The molecule has 0 aliphatic rings. The van der Waals surface area contributed by atoms with Gasteiger partial charge in [-0.3, -0.25) is 0 Å². The number of hydrogen-bond acceptors (Lipinski definition) is 4. The molecule has 0 spiro atoms. The lowest BCUT2D eigenvalue weighted by Gasteiger charge is -2.19. The highest BCUT2D eigenvalue weighted by Crippen LogP contribution is 2.27. The van der Waals surface area contributed by atoms with Gasteiger partial charge in [-0.2, -0.15) is 4.98 Å². The summed E-state index contributed by atoms with van der Waals surface area (Å²) < 4.78 is 5.92. The molecule has 1 heterocycles. The van der Waals surface area contributed by atoms with Gasteiger partial charge in [0.15, 0.2) is 5.16 Å². The molecule has 0 unspecified atom stereocenters. The Balaban J connectivity index is 1.69. The van der Waals surface area contributed by atoms with Crippen LogP contribution in [0.4, 0.5) is 0 Å². The summed E-state index contributed by atoms with van der Waals surface area (Å²) in [4.78, 5) is 9.10. The molecule has 0 fully saturated rings. The van der Waals surface area contributed by atoms with E-state index in [1.165, 1.54) is 11.1 Å². The van der Waals surface area contributed by atoms with Crippen LogP contribution >= 0.6 is 11.8 Å². The summed E-state index contributed by atoms with van der Waals surface area (Å²) in [6.45, 7) is 10.7. The number of rotatable bonds is 5. The summed E-state index contributed by atoms with van der Waals surface area (Å²) in [5.74, 6) is 2.21. The molecule has 3 aromatic rings. The molecule has 0 aliphatic heterocycles. The predicted octanol–water partition coefficient (Wildman–Crippen LogP) is 6.48. The highest BCUT2D eigenvalue weighted by atomic mass is 32.2. The average Bonchev–Trinajstić information content (AvgIpc) is 2.59. The maximum Gasteiger partial charge on any atom is 0.223 e. The van der Waals surface area contributed by atoms with Crippen molar-refractivity contribution >= 4 is 11.8 Å². The van der Waals surface area contributed by atoms with Crippen LogP contribution in [-0.2, 0) is 11.2 Å². The van der Waals surface area contributed by atoms with Gasteiger partial charge in [0, 0.05) is 17.5 Å². The van der Waals surface area contributed by atoms with Crippen LogP contribution in [0.2, 0.25) is 0 Å². The van der Waals surface area contributed by atoms with E-state index < -0.39 is 0 Å². The SMILES string of the molecule is Cc1cccc(Oc2cc(C)nc(SCc3ccc(C(C)(C)C)cc3)n2)c1. The Hall–Kier alpha value is -2.33. The lowest BCUT2D eigenvalue weighted by atomic mass is 9.87. The third-order valence-corrected chi connectivity index (χ3v) is 5.13. The van der Waals surface area contributed by atoms with Gasteiger partial charge in [0.25, 0.3) is 0 Å². The summed E-state index contributed by atoms with van der Waals surface area (Å²) >= 11 is 1.63. The molecule has 0 saturated heterocycles. The number of thioether (sulfide) groups is 1. The smallest absolute Gasteiger partial charge is 0.223 e. The van der Waals surface area contributed by atoms with Gasteiger partial charge in [-0.05, 0) is 48.1 Å². The third kappa shape index (κ3) is 5.57. The Morgan fingerprint density at radius 2 is 1.67 bits per heavy atom. The maximum atomic E-state index is 5.92. The molecular formula is C23H26N2OS. The number of hydrogen-bond donors (Lipinski definition) is 0. The number of ether oxygens (including phenoxy) is 1. The second kappa shape index (κ2) is 8.13. The first kappa shape index (κ1) is 19.4. The van der Waals surface area contributed by atoms with Crippen LogP contribution in [0.3, 0.4) is 0 Å². The second-order valence-electron chi connectivity index (χ2n) is 7.78. The van der Waals surface area contributed by atoms with Gasteiger partial charge < -0.3 is 4.74 Å². The van der Waals surface area contributed by atoms with Crippen molar-refractivity contribution in [3.05, 3.63) is 77.0 Å². The Kier molecular flexibility index (Phi) is 5.85. The van der Waals surface area contributed by atoms with Gasteiger partial charge in [0.2, 0.25) is 5.88 Å². The number of benzene rings is 2. The highest BCUT2D eigenvalue weighted by Gasteiger charge is 2.13. The highest BCUT2D eigenvalue weighted by molar-refractivity contribution is 7.98. The standard InChI is InChI=1S/C23H26N2OS/c1-16-7-6-8-20(13-16)26-21-14-17(2)24-22(25-21)27-15-18-9-11-19(12-10-18)23(3,4)5/h6-14H,15H2,1-5H3. The molecule has 3 nitrogen and oxygen atoms in total. The van der Waals surface area contributed by atoms with Gasteiger partial charge in [-0.25, -0.2) is 4.98 Å². The molecule has 0 radical (unpaired) electrons. The van der Waals surface area contributed by atoms with Gasteiger partial charge in [0.05, 0.1) is 0 Å². The molecule has 4 heteroatoms. The van der Waals surface area contributed by atoms with Crippen molar-refractivity contribution in [2.45, 2.75) is 50.9 Å². The third-order valence-electron chi connectivity index (χ3n) is 4.21. The van der Waals surface area contributed by atoms with Crippen molar-refractivity contribution in [1.82, 2.24) is 9.97 Å². The Morgan fingerprint density at radius 1 is 0.926 bits per heavy atom. The van der Waals surface area contributed by atoms with Gasteiger partial charge >= 0.3 is 0 Å². The first-order chi connectivity index (χ1) is 12.8. The number of nitrogens with zero attached hydrogens (tertiary/aromatic N) is 2. The van der Waals surface area contributed by atoms with Crippen LogP contribution < -0.4 is 4.74 Å². The minimum Gasteiger partial charge on any atom is -0.439 e. The summed E-state index contributed by atoms with van der Waals surface area (Å²) in [6.07, 6.45) is 0. The molecule has 1 aromatic heterocycles. The van der Waals surface area contributed by atoms with Crippen LogP contribution in [0, 0.1) is 13.8 Å². The quantitative estimate of drug-likeness (QED) is 0.376. The van der Waals surface area contributed by atoms with Crippen molar-refractivity contribution in [3.63, 3.8) is 0 Å². The van der Waals surface area contributed by atoms with Gasteiger partial charge in [-0.15, -0.1) is 0 Å². The van der Waals surface area contributed by atoms with Crippen molar-refractivity contribution < 1.29 is 4.74 Å². The molecular weight excluding hydrogens is 352 g/mol. The molecule has 0 N–H and O–H groups in total. The first-order valence-corrected chi connectivity index (χ1v) is 10.1. The fourth-order valence-corrected chi connectivity index (χ4v) is 3.53. The maximum absolute atomic E-state index is 5.92. The van der Waals surface area contributed by atoms with E-state index in [0.29, 0.717) is 5.88 Å². The van der Waals surface area contributed by atoms with E-state index in [2.05, 4.69) is 55.0 Å². The first-order valence-electron chi connectivity index (χ1n) is 9.12. The van der Waals surface area contributed by atoms with E-state index in [1.807, 2.05) is 44.2 Å².